The molecule has 0 aromatic carbocycles. The van der Waals surface area contributed by atoms with Gasteiger partial charge in [0, 0.05) is 36.1 Å². The van der Waals surface area contributed by atoms with Gasteiger partial charge in [0.2, 0.25) is 0 Å². The topological polar surface area (TPSA) is 19.4 Å². The number of alkyl halides is 1. The van der Waals surface area contributed by atoms with E-state index in [0.29, 0.717) is 11.9 Å². The summed E-state index contributed by atoms with van der Waals surface area (Å²) in [6.45, 7) is 8.80. The van der Waals surface area contributed by atoms with Crippen molar-refractivity contribution < 1.29 is 0 Å². The molecule has 118 valence electrons. The number of likely N-dealkylation sites (N-methyl/N-ethyl adjacent to an activating group) is 1. The molecule has 1 fully saturated rings. The number of anilines is 1. The Morgan fingerprint density at radius 2 is 2.05 bits per heavy atom. The van der Waals surface area contributed by atoms with Gasteiger partial charge in [0.15, 0.2) is 0 Å². The third-order valence-electron chi connectivity index (χ3n) is 4.04. The maximum absolute atomic E-state index is 6.09. The zero-order valence-electron chi connectivity index (χ0n) is 14.0. The van der Waals surface area contributed by atoms with E-state index in [1.807, 2.05) is 0 Å². The Hall–Kier alpha value is -0.800. The number of hydrogen-bond acceptors (Lipinski definition) is 3. The summed E-state index contributed by atoms with van der Waals surface area (Å²) in [5, 5.41) is 0. The molecule has 0 amide bonds. The normalized spacial score (nSPS) is 19.6. The number of hydrogen-bond donors (Lipinski definition) is 0. The van der Waals surface area contributed by atoms with Crippen LogP contribution in [-0.2, 0) is 11.3 Å². The van der Waals surface area contributed by atoms with E-state index in [-0.39, 0.29) is 5.41 Å². The quantitative estimate of drug-likeness (QED) is 0.791. The molecule has 1 saturated heterocycles. The van der Waals surface area contributed by atoms with E-state index in [1.165, 1.54) is 18.4 Å². The molecule has 0 radical (unpaired) electrons. The molecule has 4 heteroatoms. The van der Waals surface area contributed by atoms with Crippen molar-refractivity contribution in [3.63, 3.8) is 0 Å². The first-order valence-corrected chi connectivity index (χ1v) is 8.33. The molecule has 21 heavy (non-hydrogen) atoms. The van der Waals surface area contributed by atoms with Crippen LogP contribution < -0.4 is 4.90 Å². The zero-order chi connectivity index (χ0) is 15.6. The lowest BCUT2D eigenvalue weighted by Gasteiger charge is -2.30. The summed E-state index contributed by atoms with van der Waals surface area (Å²) in [6.07, 6.45) is 2.49. The molecule has 2 rings (SSSR count). The molecule has 1 aromatic rings. The van der Waals surface area contributed by atoms with Crippen molar-refractivity contribution in [1.82, 2.24) is 9.88 Å². The molecule has 2 heterocycles. The lowest BCUT2D eigenvalue weighted by atomic mass is 9.91. The van der Waals surface area contributed by atoms with E-state index in [1.54, 1.807) is 0 Å². The fraction of sp³-hybridized carbons (Fsp3) is 0.706. The number of halogens is 1. The highest BCUT2D eigenvalue weighted by Gasteiger charge is 2.27. The van der Waals surface area contributed by atoms with Crippen molar-refractivity contribution in [3.05, 3.63) is 23.4 Å². The minimum absolute atomic E-state index is 0.0492. The molecule has 3 nitrogen and oxygen atoms in total. The largest absolute Gasteiger partial charge is 0.352 e. The van der Waals surface area contributed by atoms with Crippen LogP contribution in [0.2, 0.25) is 0 Å². The van der Waals surface area contributed by atoms with Gasteiger partial charge in [-0.05, 0) is 44.6 Å². The van der Waals surface area contributed by atoms with Gasteiger partial charge in [0.1, 0.15) is 5.82 Å². The van der Waals surface area contributed by atoms with Crippen LogP contribution in [0.15, 0.2) is 12.1 Å². The third-order valence-corrected chi connectivity index (χ3v) is 4.35. The highest BCUT2D eigenvalue weighted by atomic mass is 35.5. The van der Waals surface area contributed by atoms with Crippen LogP contribution in [0.3, 0.4) is 0 Å². The van der Waals surface area contributed by atoms with Gasteiger partial charge in [-0.3, -0.25) is 0 Å². The molecule has 1 atom stereocenters. The van der Waals surface area contributed by atoms with Crippen LogP contribution in [0.5, 0.6) is 0 Å². The molecule has 0 bridgehead atoms. The van der Waals surface area contributed by atoms with Crippen molar-refractivity contribution in [3.8, 4) is 0 Å². The van der Waals surface area contributed by atoms with Gasteiger partial charge < -0.3 is 9.80 Å². The van der Waals surface area contributed by atoms with Crippen molar-refractivity contribution in [1.29, 1.82) is 0 Å². The molecule has 0 spiro atoms. The van der Waals surface area contributed by atoms with Crippen LogP contribution >= 0.6 is 11.6 Å². The maximum Gasteiger partial charge on any atom is 0.129 e. The Balaban J connectivity index is 2.33. The highest BCUT2D eigenvalue weighted by Crippen LogP contribution is 2.29. The Bertz CT molecular complexity index is 479. The highest BCUT2D eigenvalue weighted by molar-refractivity contribution is 6.17. The Labute approximate surface area is 134 Å². The van der Waals surface area contributed by atoms with E-state index in [4.69, 9.17) is 16.6 Å². The summed E-state index contributed by atoms with van der Waals surface area (Å²) in [5.74, 6) is 1.65. The van der Waals surface area contributed by atoms with Crippen LogP contribution in [0, 0.1) is 0 Å². The summed E-state index contributed by atoms with van der Waals surface area (Å²) in [5.41, 5.74) is 2.35. The molecule has 0 aliphatic carbocycles. The van der Waals surface area contributed by atoms with Gasteiger partial charge in [-0.25, -0.2) is 4.98 Å². The zero-order valence-corrected chi connectivity index (χ0v) is 14.7. The van der Waals surface area contributed by atoms with Crippen molar-refractivity contribution in [2.45, 2.75) is 50.9 Å². The average Bonchev–Trinajstić information content (AvgIpc) is 2.84. The molecule has 1 aliphatic rings. The molecule has 1 unspecified atom stereocenters. The maximum atomic E-state index is 6.09. The first kappa shape index (κ1) is 16.6. The van der Waals surface area contributed by atoms with Gasteiger partial charge in [-0.2, -0.15) is 0 Å². The van der Waals surface area contributed by atoms with Crippen LogP contribution in [-0.4, -0.2) is 43.1 Å². The predicted octanol–water partition coefficient (Wildman–Crippen LogP) is 3.65. The van der Waals surface area contributed by atoms with Crippen molar-refractivity contribution in [2.75, 3.05) is 32.1 Å². The van der Waals surface area contributed by atoms with Crippen LogP contribution in [0.4, 0.5) is 5.82 Å². The summed E-state index contributed by atoms with van der Waals surface area (Å²) in [6, 6.07) is 4.87. The lowest BCUT2D eigenvalue weighted by molar-refractivity contribution is 0.371. The van der Waals surface area contributed by atoms with E-state index in [0.717, 1.165) is 24.6 Å². The summed E-state index contributed by atoms with van der Waals surface area (Å²) in [4.78, 5) is 9.67. The molecular weight excluding hydrogens is 282 g/mol. The van der Waals surface area contributed by atoms with Gasteiger partial charge in [-0.1, -0.05) is 20.8 Å². The van der Waals surface area contributed by atoms with E-state index < -0.39 is 0 Å². The molecule has 1 aliphatic heterocycles. The van der Waals surface area contributed by atoms with Crippen LogP contribution in [0.1, 0.15) is 44.9 Å². The van der Waals surface area contributed by atoms with Gasteiger partial charge in [-0.15, -0.1) is 11.6 Å². The van der Waals surface area contributed by atoms with E-state index in [2.05, 4.69) is 56.8 Å². The first-order chi connectivity index (χ1) is 9.81. The summed E-state index contributed by atoms with van der Waals surface area (Å²) >= 11 is 6.09. The Morgan fingerprint density at radius 3 is 2.62 bits per heavy atom. The van der Waals surface area contributed by atoms with Crippen LogP contribution in [0.25, 0.3) is 0 Å². The summed E-state index contributed by atoms with van der Waals surface area (Å²) < 4.78 is 0. The second-order valence-corrected chi connectivity index (χ2v) is 7.62. The minimum Gasteiger partial charge on any atom is -0.352 e. The number of pyridine rings is 1. The van der Waals surface area contributed by atoms with E-state index >= 15 is 0 Å². The third kappa shape index (κ3) is 4.10. The van der Waals surface area contributed by atoms with Gasteiger partial charge in [0.05, 0.1) is 0 Å². The fourth-order valence-corrected chi connectivity index (χ4v) is 3.08. The standard InChI is InChI=1S/C17H28ClN3/c1-17(2,3)15-9-13(11-18)10-16(19-15)21-8-6-7-14(21)12-20(4)5/h9-10,14H,6-8,11-12H2,1-5H3. The number of rotatable bonds is 4. The molecular formula is C17H28ClN3. The monoisotopic (exact) mass is 309 g/mol. The molecule has 0 saturated carbocycles. The number of nitrogens with zero attached hydrogens (tertiary/aromatic N) is 3. The Morgan fingerprint density at radius 1 is 1.33 bits per heavy atom. The average molecular weight is 310 g/mol. The van der Waals surface area contributed by atoms with E-state index in [9.17, 15) is 0 Å². The fourth-order valence-electron chi connectivity index (χ4n) is 2.93. The minimum atomic E-state index is 0.0492. The number of aromatic nitrogens is 1. The SMILES string of the molecule is CN(C)CC1CCCN1c1cc(CCl)cc(C(C)(C)C)n1. The second kappa shape index (κ2) is 6.53. The smallest absolute Gasteiger partial charge is 0.129 e. The molecule has 1 aromatic heterocycles. The first-order valence-electron chi connectivity index (χ1n) is 7.80. The second-order valence-electron chi connectivity index (χ2n) is 7.35. The van der Waals surface area contributed by atoms with Gasteiger partial charge in [0.25, 0.3) is 0 Å². The lowest BCUT2D eigenvalue weighted by Crippen LogP contribution is -2.38. The van der Waals surface area contributed by atoms with Crippen molar-refractivity contribution in [2.24, 2.45) is 0 Å². The van der Waals surface area contributed by atoms with Gasteiger partial charge >= 0.3 is 0 Å². The summed E-state index contributed by atoms with van der Waals surface area (Å²) in [7, 11) is 4.28. The Kier molecular flexibility index (Phi) is 5.15. The molecule has 0 N–H and O–H groups in total. The predicted molar refractivity (Wildman–Crippen MR) is 91.4 cm³/mol. The van der Waals surface area contributed by atoms with Crippen molar-refractivity contribution >= 4 is 17.4 Å².